The molecule has 1 aliphatic carbocycles. The van der Waals surface area contributed by atoms with Gasteiger partial charge in [0, 0.05) is 31.1 Å². The van der Waals surface area contributed by atoms with Crippen LogP contribution in [0, 0.1) is 18.8 Å². The van der Waals surface area contributed by atoms with Gasteiger partial charge in [0.15, 0.2) is 0 Å². The number of hydrogen-bond donors (Lipinski definition) is 1. The second-order valence-electron chi connectivity index (χ2n) is 8.15. The number of aryl methyl sites for hydroxylation is 1. The Kier molecular flexibility index (Phi) is 5.19. The number of carbonyl (C=O) groups excluding carboxylic acids is 1. The summed E-state index contributed by atoms with van der Waals surface area (Å²) in [5.41, 5.74) is 0.755. The zero-order valence-corrected chi connectivity index (χ0v) is 15.8. The van der Waals surface area contributed by atoms with Gasteiger partial charge in [0.1, 0.15) is 11.9 Å². The first-order chi connectivity index (χ1) is 13.0. The van der Waals surface area contributed by atoms with Gasteiger partial charge in [-0.25, -0.2) is 13.5 Å². The summed E-state index contributed by atoms with van der Waals surface area (Å²) in [7, 11) is 0. The van der Waals surface area contributed by atoms with Crippen LogP contribution in [0.25, 0.3) is 0 Å². The van der Waals surface area contributed by atoms with Gasteiger partial charge in [-0.1, -0.05) is 12.2 Å². The van der Waals surface area contributed by atoms with Crippen LogP contribution in [0.1, 0.15) is 50.3 Å². The van der Waals surface area contributed by atoms with E-state index in [0.29, 0.717) is 18.2 Å². The van der Waals surface area contributed by atoms with Crippen LogP contribution >= 0.6 is 0 Å². The number of aromatic nitrogens is 2. The van der Waals surface area contributed by atoms with E-state index < -0.39 is 12.5 Å². The minimum Gasteiger partial charge on any atom is -0.367 e. The first-order valence-electron chi connectivity index (χ1n) is 10.1. The molecule has 0 saturated carbocycles. The third kappa shape index (κ3) is 3.73. The molecule has 27 heavy (non-hydrogen) atoms. The number of amides is 1. The first-order valence-corrected chi connectivity index (χ1v) is 10.1. The highest BCUT2D eigenvalue weighted by Gasteiger charge is 2.38. The van der Waals surface area contributed by atoms with Crippen molar-refractivity contribution in [2.45, 2.75) is 64.0 Å². The summed E-state index contributed by atoms with van der Waals surface area (Å²) in [6.07, 6.45) is 6.75. The molecule has 1 aromatic rings. The molecule has 3 aliphatic rings. The summed E-state index contributed by atoms with van der Waals surface area (Å²) in [5.74, 6) is 1.40. The van der Waals surface area contributed by atoms with E-state index in [4.69, 9.17) is 0 Å². The Bertz CT molecular complexity index is 709. The maximum atomic E-state index is 13.6. The summed E-state index contributed by atoms with van der Waals surface area (Å²) in [5, 5.41) is 7.67. The maximum Gasteiger partial charge on any atom is 0.260 e. The smallest absolute Gasteiger partial charge is 0.260 e. The standard InChI is InChI=1S/C20H28F2N4O/c1-13-11-18-23-16(12-17(19(21)22)26(18)24-13)14-7-9-25(10-8-14)20(27)15-5-3-2-4-6-15/h2-3,11,14-17,19,23H,4-10,12H2,1H3/t15-,16+,17-/m1/s1. The Labute approximate surface area is 158 Å². The lowest BCUT2D eigenvalue weighted by atomic mass is 9.84. The van der Waals surface area contributed by atoms with Crippen LogP contribution in [0.5, 0.6) is 0 Å². The van der Waals surface area contributed by atoms with E-state index in [0.717, 1.165) is 50.9 Å². The molecule has 2 aliphatic heterocycles. The third-order valence-corrected chi connectivity index (χ3v) is 6.33. The van der Waals surface area contributed by atoms with Gasteiger partial charge in [0.05, 0.1) is 5.69 Å². The summed E-state index contributed by atoms with van der Waals surface area (Å²) in [6, 6.07) is 0.993. The Balaban J connectivity index is 1.38. The van der Waals surface area contributed by atoms with Crippen molar-refractivity contribution in [1.82, 2.24) is 14.7 Å². The van der Waals surface area contributed by atoms with E-state index >= 15 is 0 Å². The molecular formula is C20H28F2N4O. The lowest BCUT2D eigenvalue weighted by Crippen LogP contribution is -2.47. The normalized spacial score (nSPS) is 28.9. The number of anilines is 1. The fourth-order valence-electron chi connectivity index (χ4n) is 4.80. The van der Waals surface area contributed by atoms with Crippen LogP contribution in [0.3, 0.4) is 0 Å². The molecule has 5 nitrogen and oxygen atoms in total. The summed E-state index contributed by atoms with van der Waals surface area (Å²) < 4.78 is 28.6. The minimum atomic E-state index is -2.42. The molecule has 0 radical (unpaired) electrons. The van der Waals surface area contributed by atoms with Crippen molar-refractivity contribution in [3.05, 3.63) is 23.9 Å². The van der Waals surface area contributed by atoms with Crippen molar-refractivity contribution in [3.8, 4) is 0 Å². The number of piperidine rings is 1. The van der Waals surface area contributed by atoms with Gasteiger partial charge in [-0.05, 0) is 51.4 Å². The van der Waals surface area contributed by atoms with Crippen molar-refractivity contribution in [1.29, 1.82) is 0 Å². The quantitative estimate of drug-likeness (QED) is 0.815. The topological polar surface area (TPSA) is 50.2 Å². The summed E-state index contributed by atoms with van der Waals surface area (Å²) >= 11 is 0. The third-order valence-electron chi connectivity index (χ3n) is 6.33. The molecule has 1 aromatic heterocycles. The fraction of sp³-hybridized carbons (Fsp3) is 0.700. The van der Waals surface area contributed by atoms with Crippen molar-refractivity contribution in [2.75, 3.05) is 18.4 Å². The molecule has 1 N–H and O–H groups in total. The van der Waals surface area contributed by atoms with Gasteiger partial charge < -0.3 is 10.2 Å². The molecule has 3 heterocycles. The largest absolute Gasteiger partial charge is 0.367 e. The van der Waals surface area contributed by atoms with E-state index in [1.165, 1.54) is 4.68 Å². The summed E-state index contributed by atoms with van der Waals surface area (Å²) in [6.45, 7) is 3.30. The van der Waals surface area contributed by atoms with Crippen LogP contribution in [-0.4, -0.2) is 46.1 Å². The lowest BCUT2D eigenvalue weighted by Gasteiger charge is -2.41. The number of allylic oxidation sites excluding steroid dienone is 2. The Morgan fingerprint density at radius 2 is 2.04 bits per heavy atom. The molecule has 1 saturated heterocycles. The molecule has 0 bridgehead atoms. The number of likely N-dealkylation sites (tertiary alicyclic amines) is 1. The second kappa shape index (κ2) is 7.60. The van der Waals surface area contributed by atoms with E-state index in [9.17, 15) is 13.6 Å². The van der Waals surface area contributed by atoms with E-state index in [1.807, 2.05) is 17.9 Å². The number of nitrogens with zero attached hydrogens (tertiary/aromatic N) is 3. The number of halogens is 2. The van der Waals surface area contributed by atoms with Crippen molar-refractivity contribution < 1.29 is 13.6 Å². The maximum absolute atomic E-state index is 13.6. The second-order valence-corrected chi connectivity index (χ2v) is 8.15. The van der Waals surface area contributed by atoms with Crippen molar-refractivity contribution in [2.24, 2.45) is 11.8 Å². The highest BCUT2D eigenvalue weighted by molar-refractivity contribution is 5.79. The van der Waals surface area contributed by atoms with Crippen LogP contribution in [-0.2, 0) is 4.79 Å². The van der Waals surface area contributed by atoms with Gasteiger partial charge in [0.2, 0.25) is 5.91 Å². The monoisotopic (exact) mass is 378 g/mol. The lowest BCUT2D eigenvalue weighted by molar-refractivity contribution is -0.137. The predicted octanol–water partition coefficient (Wildman–Crippen LogP) is 3.78. The minimum absolute atomic E-state index is 0.0162. The van der Waals surface area contributed by atoms with E-state index in [1.54, 1.807) is 0 Å². The summed E-state index contributed by atoms with van der Waals surface area (Å²) in [4.78, 5) is 14.7. The molecule has 4 rings (SSSR count). The number of alkyl halides is 2. The Morgan fingerprint density at radius 3 is 2.70 bits per heavy atom. The molecule has 0 aromatic carbocycles. The average Bonchev–Trinajstić information content (AvgIpc) is 3.07. The highest BCUT2D eigenvalue weighted by Crippen LogP contribution is 2.37. The van der Waals surface area contributed by atoms with Gasteiger partial charge in [-0.15, -0.1) is 0 Å². The van der Waals surface area contributed by atoms with Gasteiger partial charge in [-0.2, -0.15) is 5.10 Å². The molecule has 0 unspecified atom stereocenters. The van der Waals surface area contributed by atoms with Crippen molar-refractivity contribution in [3.63, 3.8) is 0 Å². The van der Waals surface area contributed by atoms with Gasteiger partial charge >= 0.3 is 0 Å². The first kappa shape index (κ1) is 18.4. The van der Waals surface area contributed by atoms with E-state index in [-0.39, 0.29) is 17.9 Å². The number of carbonyl (C=O) groups is 1. The highest BCUT2D eigenvalue weighted by atomic mass is 19.3. The Hall–Kier alpha value is -1.92. The number of fused-ring (bicyclic) bond motifs is 1. The predicted molar refractivity (Wildman–Crippen MR) is 99.8 cm³/mol. The molecule has 3 atom stereocenters. The molecule has 7 heteroatoms. The van der Waals surface area contributed by atoms with Crippen LogP contribution in [0.2, 0.25) is 0 Å². The molecule has 0 spiro atoms. The molecule has 1 amide bonds. The fourth-order valence-corrected chi connectivity index (χ4v) is 4.80. The zero-order valence-electron chi connectivity index (χ0n) is 15.8. The molecule has 148 valence electrons. The van der Waals surface area contributed by atoms with Gasteiger partial charge in [0.25, 0.3) is 6.43 Å². The van der Waals surface area contributed by atoms with Crippen molar-refractivity contribution >= 4 is 11.7 Å². The SMILES string of the molecule is Cc1cc2n(n1)[C@@H](C(F)F)C[C@@H](C1CCN(C(=O)[C@@H]3CC=CCC3)CC1)N2. The van der Waals surface area contributed by atoms with Crippen LogP contribution in [0.15, 0.2) is 18.2 Å². The van der Waals surface area contributed by atoms with Crippen LogP contribution in [0.4, 0.5) is 14.6 Å². The average molecular weight is 378 g/mol. The number of hydrogen-bond acceptors (Lipinski definition) is 3. The molecule has 1 fully saturated rings. The molecular weight excluding hydrogens is 350 g/mol. The number of nitrogens with one attached hydrogen (secondary N) is 1. The zero-order chi connectivity index (χ0) is 19.0. The van der Waals surface area contributed by atoms with Gasteiger partial charge in [-0.3, -0.25) is 4.79 Å². The Morgan fingerprint density at radius 1 is 1.26 bits per heavy atom. The van der Waals surface area contributed by atoms with Crippen LogP contribution < -0.4 is 5.32 Å². The van der Waals surface area contributed by atoms with E-state index in [2.05, 4.69) is 22.6 Å². The number of rotatable bonds is 3.